The summed E-state index contributed by atoms with van der Waals surface area (Å²) in [6.07, 6.45) is 0. The lowest BCUT2D eigenvalue weighted by atomic mass is 10.2. The Morgan fingerprint density at radius 3 is 2.57 bits per heavy atom. The highest BCUT2D eigenvalue weighted by molar-refractivity contribution is 6.30. The largest absolute Gasteiger partial charge is 0.491 e. The maximum absolute atomic E-state index is 13.3. The van der Waals surface area contributed by atoms with E-state index < -0.39 is 11.7 Å². The molecule has 0 aliphatic carbocycles. The first-order chi connectivity index (χ1) is 10.1. The molecule has 21 heavy (non-hydrogen) atoms. The molecule has 1 amide bonds. The second-order valence-electron chi connectivity index (χ2n) is 4.18. The monoisotopic (exact) mass is 309 g/mol. The van der Waals surface area contributed by atoms with Crippen molar-refractivity contribution in [3.8, 4) is 5.75 Å². The van der Waals surface area contributed by atoms with Gasteiger partial charge in [-0.3, -0.25) is 4.79 Å². The fourth-order valence-corrected chi connectivity index (χ4v) is 1.76. The van der Waals surface area contributed by atoms with E-state index in [2.05, 4.69) is 5.32 Å². The van der Waals surface area contributed by atoms with Gasteiger partial charge in [0.2, 0.25) is 0 Å². The van der Waals surface area contributed by atoms with Crippen molar-refractivity contribution in [2.75, 3.05) is 18.5 Å². The van der Waals surface area contributed by atoms with Crippen molar-refractivity contribution in [3.63, 3.8) is 0 Å². The number of ether oxygens (including phenoxy) is 1. The molecule has 0 saturated carbocycles. The number of nitrogens with one attached hydrogen (secondary N) is 1. The van der Waals surface area contributed by atoms with Gasteiger partial charge in [-0.05, 0) is 42.5 Å². The van der Waals surface area contributed by atoms with Crippen LogP contribution in [0.4, 0.5) is 10.1 Å². The van der Waals surface area contributed by atoms with Crippen molar-refractivity contribution in [1.29, 1.82) is 0 Å². The molecule has 0 aliphatic rings. The standard InChI is InChI=1S/C15H13ClFNO3/c16-13-6-1-10(9-14(13)17)15(20)18-11-2-4-12(5-3-11)21-8-7-19/h1-6,9,19H,7-8H2,(H,18,20). The van der Waals surface area contributed by atoms with Crippen LogP contribution in [-0.4, -0.2) is 24.2 Å². The van der Waals surface area contributed by atoms with E-state index in [9.17, 15) is 9.18 Å². The average molecular weight is 310 g/mol. The molecule has 0 radical (unpaired) electrons. The number of amides is 1. The van der Waals surface area contributed by atoms with Crippen molar-refractivity contribution in [2.24, 2.45) is 0 Å². The molecule has 0 aromatic heterocycles. The molecular formula is C15H13ClFNO3. The van der Waals surface area contributed by atoms with E-state index in [4.69, 9.17) is 21.4 Å². The van der Waals surface area contributed by atoms with Gasteiger partial charge in [0.15, 0.2) is 0 Å². The maximum Gasteiger partial charge on any atom is 0.255 e. The van der Waals surface area contributed by atoms with E-state index in [-0.39, 0.29) is 23.8 Å². The highest BCUT2D eigenvalue weighted by Crippen LogP contribution is 2.18. The van der Waals surface area contributed by atoms with Gasteiger partial charge < -0.3 is 15.2 Å². The Hall–Kier alpha value is -2.11. The van der Waals surface area contributed by atoms with Gasteiger partial charge in [-0.15, -0.1) is 0 Å². The van der Waals surface area contributed by atoms with Crippen LogP contribution in [0.2, 0.25) is 5.02 Å². The fourth-order valence-electron chi connectivity index (χ4n) is 1.64. The highest BCUT2D eigenvalue weighted by atomic mass is 35.5. The zero-order valence-corrected chi connectivity index (χ0v) is 11.7. The van der Waals surface area contributed by atoms with Gasteiger partial charge in [-0.1, -0.05) is 11.6 Å². The molecular weight excluding hydrogens is 297 g/mol. The number of aliphatic hydroxyl groups excluding tert-OH is 1. The van der Waals surface area contributed by atoms with Crippen LogP contribution in [0.1, 0.15) is 10.4 Å². The zero-order valence-electron chi connectivity index (χ0n) is 11.0. The van der Waals surface area contributed by atoms with Crippen molar-refractivity contribution < 1.29 is 19.0 Å². The lowest BCUT2D eigenvalue weighted by molar-refractivity contribution is 0.102. The third kappa shape index (κ3) is 4.18. The first kappa shape index (κ1) is 15.3. The van der Waals surface area contributed by atoms with Gasteiger partial charge >= 0.3 is 0 Å². The number of carbonyl (C=O) groups is 1. The first-order valence-corrected chi connectivity index (χ1v) is 6.58. The Morgan fingerprint density at radius 1 is 1.24 bits per heavy atom. The summed E-state index contributed by atoms with van der Waals surface area (Å²) in [5, 5.41) is 11.3. The Morgan fingerprint density at radius 2 is 1.95 bits per heavy atom. The summed E-state index contributed by atoms with van der Waals surface area (Å²) in [5.74, 6) is -0.494. The number of carbonyl (C=O) groups excluding carboxylic acids is 1. The summed E-state index contributed by atoms with van der Waals surface area (Å²) in [6.45, 7) is 0.135. The molecule has 0 spiro atoms. The van der Waals surface area contributed by atoms with E-state index in [0.717, 1.165) is 6.07 Å². The molecule has 4 nitrogen and oxygen atoms in total. The van der Waals surface area contributed by atoms with Crippen LogP contribution in [0, 0.1) is 5.82 Å². The van der Waals surface area contributed by atoms with E-state index in [1.54, 1.807) is 24.3 Å². The lowest BCUT2D eigenvalue weighted by Gasteiger charge is -2.08. The summed E-state index contributed by atoms with van der Waals surface area (Å²) in [7, 11) is 0. The third-order valence-electron chi connectivity index (χ3n) is 2.65. The second-order valence-corrected chi connectivity index (χ2v) is 4.59. The fraction of sp³-hybridized carbons (Fsp3) is 0.133. The number of aliphatic hydroxyl groups is 1. The number of hydrogen-bond acceptors (Lipinski definition) is 3. The predicted molar refractivity (Wildman–Crippen MR) is 78.4 cm³/mol. The van der Waals surface area contributed by atoms with Crippen molar-refractivity contribution in [2.45, 2.75) is 0 Å². The van der Waals surface area contributed by atoms with Crippen LogP contribution in [0.5, 0.6) is 5.75 Å². The van der Waals surface area contributed by atoms with Gasteiger partial charge in [-0.2, -0.15) is 0 Å². The van der Waals surface area contributed by atoms with Gasteiger partial charge in [-0.25, -0.2) is 4.39 Å². The van der Waals surface area contributed by atoms with Crippen LogP contribution < -0.4 is 10.1 Å². The number of benzene rings is 2. The summed E-state index contributed by atoms with van der Waals surface area (Å²) < 4.78 is 18.5. The molecule has 2 aromatic carbocycles. The van der Waals surface area contributed by atoms with Gasteiger partial charge in [0.05, 0.1) is 11.6 Å². The quantitative estimate of drug-likeness (QED) is 0.892. The van der Waals surface area contributed by atoms with Crippen molar-refractivity contribution in [1.82, 2.24) is 0 Å². The van der Waals surface area contributed by atoms with Gasteiger partial charge in [0, 0.05) is 11.3 Å². The first-order valence-electron chi connectivity index (χ1n) is 6.20. The molecule has 6 heteroatoms. The highest BCUT2D eigenvalue weighted by Gasteiger charge is 2.09. The Kier molecular flexibility index (Phi) is 5.14. The average Bonchev–Trinajstić information content (AvgIpc) is 2.49. The summed E-state index contributed by atoms with van der Waals surface area (Å²) in [5.41, 5.74) is 0.726. The topological polar surface area (TPSA) is 58.6 Å². The van der Waals surface area contributed by atoms with Crippen LogP contribution in [-0.2, 0) is 0 Å². The van der Waals surface area contributed by atoms with E-state index >= 15 is 0 Å². The Bertz CT molecular complexity index is 631. The minimum atomic E-state index is -0.642. The molecule has 0 fully saturated rings. The third-order valence-corrected chi connectivity index (χ3v) is 2.96. The zero-order chi connectivity index (χ0) is 15.2. The lowest BCUT2D eigenvalue weighted by Crippen LogP contribution is -2.12. The molecule has 2 aromatic rings. The number of rotatable bonds is 5. The van der Waals surface area contributed by atoms with E-state index in [0.29, 0.717) is 11.4 Å². The molecule has 0 bridgehead atoms. The SMILES string of the molecule is O=C(Nc1ccc(OCCO)cc1)c1ccc(Cl)c(F)c1. The molecule has 0 saturated heterocycles. The molecule has 0 heterocycles. The van der Waals surface area contributed by atoms with E-state index in [1.165, 1.54) is 12.1 Å². The number of hydrogen-bond donors (Lipinski definition) is 2. The summed E-state index contributed by atoms with van der Waals surface area (Å²) in [4.78, 5) is 11.9. The van der Waals surface area contributed by atoms with Gasteiger partial charge in [0.25, 0.3) is 5.91 Å². The molecule has 0 atom stereocenters. The molecule has 2 N–H and O–H groups in total. The predicted octanol–water partition coefficient (Wildman–Crippen LogP) is 3.10. The molecule has 0 aliphatic heterocycles. The van der Waals surface area contributed by atoms with Crippen LogP contribution in [0.25, 0.3) is 0 Å². The normalized spacial score (nSPS) is 10.2. The number of anilines is 1. The smallest absolute Gasteiger partial charge is 0.255 e. The summed E-state index contributed by atoms with van der Waals surface area (Å²) >= 11 is 5.57. The van der Waals surface area contributed by atoms with Crippen molar-refractivity contribution in [3.05, 3.63) is 58.9 Å². The molecule has 2 rings (SSSR count). The second kappa shape index (κ2) is 7.06. The molecule has 0 unspecified atom stereocenters. The maximum atomic E-state index is 13.3. The van der Waals surface area contributed by atoms with Crippen LogP contribution in [0.3, 0.4) is 0 Å². The Balaban J connectivity index is 2.03. The van der Waals surface area contributed by atoms with Gasteiger partial charge in [0.1, 0.15) is 18.2 Å². The van der Waals surface area contributed by atoms with E-state index in [1.807, 2.05) is 0 Å². The van der Waals surface area contributed by atoms with Crippen molar-refractivity contribution >= 4 is 23.2 Å². The number of halogens is 2. The Labute approximate surface area is 126 Å². The van der Waals surface area contributed by atoms with Crippen LogP contribution in [0.15, 0.2) is 42.5 Å². The van der Waals surface area contributed by atoms with Crippen LogP contribution >= 0.6 is 11.6 Å². The minimum Gasteiger partial charge on any atom is -0.491 e. The molecule has 110 valence electrons. The summed E-state index contributed by atoms with van der Waals surface area (Å²) in [6, 6.07) is 10.5. The minimum absolute atomic E-state index is 0.0306.